The number of aromatic nitrogens is 1. The summed E-state index contributed by atoms with van der Waals surface area (Å²) in [4.78, 5) is 5.87. The van der Waals surface area contributed by atoms with Crippen LogP contribution in [0.5, 0.6) is 0 Å². The van der Waals surface area contributed by atoms with Crippen molar-refractivity contribution in [3.63, 3.8) is 0 Å². The normalized spacial score (nSPS) is 10.5. The van der Waals surface area contributed by atoms with Gasteiger partial charge in [0.05, 0.1) is 10.7 Å². The van der Waals surface area contributed by atoms with E-state index in [1.54, 1.807) is 11.3 Å². The van der Waals surface area contributed by atoms with E-state index >= 15 is 0 Å². The van der Waals surface area contributed by atoms with Gasteiger partial charge in [-0.25, -0.2) is 4.98 Å². The van der Waals surface area contributed by atoms with E-state index < -0.39 is 0 Å². The Morgan fingerprint density at radius 3 is 2.59 bits per heavy atom. The van der Waals surface area contributed by atoms with E-state index in [0.29, 0.717) is 0 Å². The van der Waals surface area contributed by atoms with Crippen LogP contribution in [-0.4, -0.2) is 11.5 Å². The molecule has 1 aromatic carbocycles. The molecule has 0 atom stereocenters. The summed E-state index contributed by atoms with van der Waals surface area (Å²) in [6.07, 6.45) is 0.994. The van der Waals surface area contributed by atoms with Gasteiger partial charge < -0.3 is 5.32 Å². The Bertz CT molecular complexity index is 483. The van der Waals surface area contributed by atoms with Crippen molar-refractivity contribution in [1.82, 2.24) is 4.98 Å². The van der Waals surface area contributed by atoms with Crippen LogP contribution in [0.4, 0.5) is 5.69 Å². The third-order valence-electron chi connectivity index (χ3n) is 2.87. The van der Waals surface area contributed by atoms with E-state index in [4.69, 9.17) is 0 Å². The lowest BCUT2D eigenvalue weighted by Crippen LogP contribution is -2.05. The molecule has 0 saturated heterocycles. The number of thiazole rings is 1. The third kappa shape index (κ3) is 3.07. The Morgan fingerprint density at radius 1 is 1.18 bits per heavy atom. The highest BCUT2D eigenvalue weighted by Gasteiger charge is 2.03. The fourth-order valence-electron chi connectivity index (χ4n) is 1.72. The maximum atomic E-state index is 4.54. The Kier molecular flexibility index (Phi) is 3.79. The van der Waals surface area contributed by atoms with Gasteiger partial charge in [0.25, 0.3) is 0 Å². The lowest BCUT2D eigenvalue weighted by Gasteiger charge is -2.07. The molecule has 0 spiro atoms. The molecule has 2 aromatic rings. The number of hydrogen-bond acceptors (Lipinski definition) is 3. The van der Waals surface area contributed by atoms with E-state index in [2.05, 4.69) is 55.3 Å². The van der Waals surface area contributed by atoms with Crippen LogP contribution in [-0.2, 0) is 6.42 Å². The van der Waals surface area contributed by atoms with Crippen LogP contribution in [0.1, 0.15) is 21.1 Å². The zero-order chi connectivity index (χ0) is 12.3. The Morgan fingerprint density at radius 2 is 1.94 bits per heavy atom. The highest BCUT2D eigenvalue weighted by Crippen LogP contribution is 2.17. The molecule has 17 heavy (non-hydrogen) atoms. The Balaban J connectivity index is 1.90. The van der Waals surface area contributed by atoms with Crippen molar-refractivity contribution in [3.05, 3.63) is 45.4 Å². The van der Waals surface area contributed by atoms with Crippen molar-refractivity contribution in [1.29, 1.82) is 0 Å². The van der Waals surface area contributed by atoms with Crippen LogP contribution in [0.2, 0.25) is 0 Å². The second-order valence-corrected chi connectivity index (χ2v) is 5.53. The van der Waals surface area contributed by atoms with E-state index in [9.17, 15) is 0 Å². The van der Waals surface area contributed by atoms with Gasteiger partial charge in [-0.15, -0.1) is 11.3 Å². The number of benzene rings is 1. The maximum absolute atomic E-state index is 4.54. The van der Waals surface area contributed by atoms with Gasteiger partial charge in [-0.3, -0.25) is 0 Å². The highest BCUT2D eigenvalue weighted by atomic mass is 32.1. The van der Waals surface area contributed by atoms with Gasteiger partial charge in [-0.1, -0.05) is 18.2 Å². The summed E-state index contributed by atoms with van der Waals surface area (Å²) in [5.41, 5.74) is 3.68. The summed E-state index contributed by atoms with van der Waals surface area (Å²) in [6, 6.07) is 8.37. The van der Waals surface area contributed by atoms with Gasteiger partial charge in [0.1, 0.15) is 0 Å². The van der Waals surface area contributed by atoms with Gasteiger partial charge in [0, 0.05) is 23.5 Å². The summed E-state index contributed by atoms with van der Waals surface area (Å²) < 4.78 is 0. The average molecular weight is 246 g/mol. The minimum atomic E-state index is 0.942. The average Bonchev–Trinajstić information content (AvgIpc) is 2.61. The molecule has 0 fully saturated rings. The van der Waals surface area contributed by atoms with E-state index in [-0.39, 0.29) is 0 Å². The minimum Gasteiger partial charge on any atom is -0.384 e. The van der Waals surface area contributed by atoms with Crippen LogP contribution in [0, 0.1) is 20.8 Å². The first-order valence-electron chi connectivity index (χ1n) is 5.89. The molecule has 1 N–H and O–H groups in total. The molecule has 0 unspecified atom stereocenters. The molecule has 3 heteroatoms. The number of nitrogens with zero attached hydrogens (tertiary/aromatic N) is 1. The molecule has 1 heterocycles. The van der Waals surface area contributed by atoms with E-state index in [1.807, 2.05) is 0 Å². The molecule has 0 saturated carbocycles. The monoisotopic (exact) mass is 246 g/mol. The molecule has 1 aromatic heterocycles. The van der Waals surface area contributed by atoms with Gasteiger partial charge in [0.15, 0.2) is 0 Å². The van der Waals surface area contributed by atoms with Gasteiger partial charge in [-0.2, -0.15) is 0 Å². The molecule has 0 aliphatic carbocycles. The van der Waals surface area contributed by atoms with Gasteiger partial charge in [0.2, 0.25) is 0 Å². The van der Waals surface area contributed by atoms with Crippen LogP contribution < -0.4 is 5.32 Å². The molecular formula is C14H18N2S. The van der Waals surface area contributed by atoms with Crippen LogP contribution in [0.3, 0.4) is 0 Å². The Labute approximate surface area is 107 Å². The first-order valence-corrected chi connectivity index (χ1v) is 6.71. The smallest absolute Gasteiger partial charge is 0.0948 e. The standard InChI is InChI=1S/C14H18N2S/c1-10-6-4-5-7-13(10)15-9-8-14-16-11(2)12(3)17-14/h4-7,15H,8-9H2,1-3H3. The topological polar surface area (TPSA) is 24.9 Å². The van der Waals surface area contributed by atoms with E-state index in [1.165, 1.54) is 26.8 Å². The number of rotatable bonds is 4. The van der Waals surface area contributed by atoms with E-state index in [0.717, 1.165) is 13.0 Å². The van der Waals surface area contributed by atoms with Crippen molar-refractivity contribution in [2.75, 3.05) is 11.9 Å². The SMILES string of the molecule is Cc1ccccc1NCCc1nc(C)c(C)s1. The van der Waals surface area contributed by atoms with Crippen molar-refractivity contribution in [2.45, 2.75) is 27.2 Å². The Hall–Kier alpha value is -1.35. The van der Waals surface area contributed by atoms with Crippen LogP contribution in [0.15, 0.2) is 24.3 Å². The van der Waals surface area contributed by atoms with Crippen molar-refractivity contribution < 1.29 is 0 Å². The quantitative estimate of drug-likeness (QED) is 0.889. The maximum Gasteiger partial charge on any atom is 0.0948 e. The molecular weight excluding hydrogens is 228 g/mol. The summed E-state index contributed by atoms with van der Waals surface area (Å²) in [6.45, 7) is 7.27. The second-order valence-electron chi connectivity index (χ2n) is 4.24. The lowest BCUT2D eigenvalue weighted by atomic mass is 10.2. The van der Waals surface area contributed by atoms with Crippen molar-refractivity contribution in [2.24, 2.45) is 0 Å². The van der Waals surface area contributed by atoms with Crippen molar-refractivity contribution >= 4 is 17.0 Å². The molecule has 0 aliphatic heterocycles. The molecule has 0 amide bonds. The van der Waals surface area contributed by atoms with Crippen LogP contribution in [0.25, 0.3) is 0 Å². The number of para-hydroxylation sites is 1. The fourth-order valence-corrected chi connectivity index (χ4v) is 2.65. The number of hydrogen-bond donors (Lipinski definition) is 1. The van der Waals surface area contributed by atoms with Gasteiger partial charge in [-0.05, 0) is 32.4 Å². The van der Waals surface area contributed by atoms with Gasteiger partial charge >= 0.3 is 0 Å². The predicted molar refractivity (Wildman–Crippen MR) is 75.0 cm³/mol. The number of anilines is 1. The first kappa shape index (κ1) is 12.1. The lowest BCUT2D eigenvalue weighted by molar-refractivity contribution is 0.983. The first-order chi connectivity index (χ1) is 8.16. The summed E-state index contributed by atoms with van der Waals surface area (Å²) in [5.74, 6) is 0. The number of nitrogens with one attached hydrogen (secondary N) is 1. The molecule has 0 bridgehead atoms. The van der Waals surface area contributed by atoms with Crippen LogP contribution >= 0.6 is 11.3 Å². The summed E-state index contributed by atoms with van der Waals surface area (Å²) in [7, 11) is 0. The number of aryl methyl sites for hydroxylation is 3. The molecule has 0 aliphatic rings. The zero-order valence-corrected chi connectivity index (χ0v) is 11.4. The second kappa shape index (κ2) is 5.32. The summed E-state index contributed by atoms with van der Waals surface area (Å²) >= 11 is 1.80. The molecule has 90 valence electrons. The zero-order valence-electron chi connectivity index (χ0n) is 10.6. The molecule has 2 rings (SSSR count). The minimum absolute atomic E-state index is 0.942. The van der Waals surface area contributed by atoms with Crippen molar-refractivity contribution in [3.8, 4) is 0 Å². The highest BCUT2D eigenvalue weighted by molar-refractivity contribution is 7.11. The fraction of sp³-hybridized carbons (Fsp3) is 0.357. The molecule has 2 nitrogen and oxygen atoms in total. The molecule has 0 radical (unpaired) electrons. The largest absolute Gasteiger partial charge is 0.384 e. The summed E-state index contributed by atoms with van der Waals surface area (Å²) in [5, 5.41) is 4.68. The predicted octanol–water partition coefficient (Wildman–Crippen LogP) is 3.72. The third-order valence-corrected chi connectivity index (χ3v) is 4.00.